The van der Waals surface area contributed by atoms with Crippen molar-refractivity contribution in [2.24, 2.45) is 12.8 Å². The molecule has 0 aliphatic rings. The first-order chi connectivity index (χ1) is 7.22. The van der Waals surface area contributed by atoms with Crippen LogP contribution in [0.3, 0.4) is 0 Å². The summed E-state index contributed by atoms with van der Waals surface area (Å²) in [6.07, 6.45) is 3.92. The highest BCUT2D eigenvalue weighted by Gasteiger charge is 2.06. The largest absolute Gasteiger partial charge is 0.330 e. The summed E-state index contributed by atoms with van der Waals surface area (Å²) in [6, 6.07) is 2.17. The van der Waals surface area contributed by atoms with Crippen LogP contribution in [0.15, 0.2) is 12.3 Å². The van der Waals surface area contributed by atoms with E-state index in [9.17, 15) is 0 Å². The van der Waals surface area contributed by atoms with Gasteiger partial charge in [-0.15, -0.1) is 0 Å². The zero-order valence-electron chi connectivity index (χ0n) is 9.20. The Kier molecular flexibility index (Phi) is 2.68. The Bertz CT molecular complexity index is 473. The fourth-order valence-corrected chi connectivity index (χ4v) is 1.79. The summed E-state index contributed by atoms with van der Waals surface area (Å²) < 4.78 is 1.82. The second-order valence-corrected chi connectivity index (χ2v) is 3.82. The monoisotopic (exact) mass is 204 g/mol. The predicted octanol–water partition coefficient (Wildman–Crippen LogP) is 1.17. The van der Waals surface area contributed by atoms with E-state index in [1.807, 2.05) is 24.9 Å². The molecular formula is C11H16N4. The second kappa shape index (κ2) is 3.98. The number of hydrogen-bond donors (Lipinski definition) is 1. The van der Waals surface area contributed by atoms with Crippen molar-refractivity contribution >= 4 is 11.0 Å². The third-order valence-electron chi connectivity index (χ3n) is 2.59. The number of rotatable bonds is 3. The van der Waals surface area contributed by atoms with E-state index in [2.05, 4.69) is 16.1 Å². The van der Waals surface area contributed by atoms with Crippen LogP contribution in [-0.2, 0) is 13.5 Å². The summed E-state index contributed by atoms with van der Waals surface area (Å²) in [5.41, 5.74) is 8.71. The van der Waals surface area contributed by atoms with Crippen LogP contribution in [0.25, 0.3) is 11.0 Å². The van der Waals surface area contributed by atoms with Crippen molar-refractivity contribution in [3.05, 3.63) is 23.5 Å². The molecule has 2 heterocycles. The molecule has 4 heteroatoms. The first kappa shape index (κ1) is 10.1. The van der Waals surface area contributed by atoms with Gasteiger partial charge in [0.1, 0.15) is 0 Å². The standard InChI is InChI=1S/C11H16N4/c1-8-10-6-9(4-3-5-12)7-13-11(10)15(2)14-8/h6-7H,3-5,12H2,1-2H3. The molecule has 2 N–H and O–H groups in total. The van der Waals surface area contributed by atoms with Gasteiger partial charge in [-0.05, 0) is 37.9 Å². The van der Waals surface area contributed by atoms with E-state index in [-0.39, 0.29) is 0 Å². The lowest BCUT2D eigenvalue weighted by atomic mass is 10.1. The average molecular weight is 204 g/mol. The molecule has 15 heavy (non-hydrogen) atoms. The van der Waals surface area contributed by atoms with Crippen LogP contribution in [0, 0.1) is 6.92 Å². The number of nitrogens with zero attached hydrogens (tertiary/aromatic N) is 3. The number of hydrogen-bond acceptors (Lipinski definition) is 3. The Balaban J connectivity index is 2.41. The molecule has 2 rings (SSSR count). The lowest BCUT2D eigenvalue weighted by molar-refractivity contribution is 0.773. The number of nitrogens with two attached hydrogens (primary N) is 1. The summed E-state index contributed by atoms with van der Waals surface area (Å²) in [5.74, 6) is 0. The van der Waals surface area contributed by atoms with Gasteiger partial charge in [0.2, 0.25) is 0 Å². The minimum Gasteiger partial charge on any atom is -0.330 e. The third kappa shape index (κ3) is 1.85. The Morgan fingerprint density at radius 1 is 1.47 bits per heavy atom. The van der Waals surface area contributed by atoms with Crippen molar-refractivity contribution in [3.8, 4) is 0 Å². The van der Waals surface area contributed by atoms with Crippen LogP contribution in [0.5, 0.6) is 0 Å². The van der Waals surface area contributed by atoms with Gasteiger partial charge in [0.15, 0.2) is 5.65 Å². The molecule has 0 bridgehead atoms. The number of aromatic nitrogens is 3. The molecule has 2 aromatic rings. The second-order valence-electron chi connectivity index (χ2n) is 3.82. The highest BCUT2D eigenvalue weighted by Crippen LogP contribution is 2.16. The highest BCUT2D eigenvalue weighted by molar-refractivity contribution is 5.78. The van der Waals surface area contributed by atoms with Gasteiger partial charge in [-0.25, -0.2) is 4.98 Å². The fraction of sp³-hybridized carbons (Fsp3) is 0.455. The average Bonchev–Trinajstić information content (AvgIpc) is 2.52. The quantitative estimate of drug-likeness (QED) is 0.816. The molecule has 4 nitrogen and oxygen atoms in total. The first-order valence-corrected chi connectivity index (χ1v) is 5.20. The molecule has 80 valence electrons. The maximum atomic E-state index is 5.49. The summed E-state index contributed by atoms with van der Waals surface area (Å²) in [4.78, 5) is 4.41. The van der Waals surface area contributed by atoms with Crippen molar-refractivity contribution < 1.29 is 0 Å². The van der Waals surface area contributed by atoms with Gasteiger partial charge in [-0.1, -0.05) is 0 Å². The zero-order valence-corrected chi connectivity index (χ0v) is 9.20. The molecule has 0 aromatic carbocycles. The highest BCUT2D eigenvalue weighted by atomic mass is 15.3. The zero-order chi connectivity index (χ0) is 10.8. The van der Waals surface area contributed by atoms with Crippen molar-refractivity contribution in [1.82, 2.24) is 14.8 Å². The van der Waals surface area contributed by atoms with Crippen LogP contribution >= 0.6 is 0 Å². The maximum Gasteiger partial charge on any atom is 0.157 e. The molecule has 0 aliphatic carbocycles. The molecule has 0 aliphatic heterocycles. The van der Waals surface area contributed by atoms with Crippen LogP contribution < -0.4 is 5.73 Å². The Morgan fingerprint density at radius 2 is 2.27 bits per heavy atom. The molecule has 0 spiro atoms. The summed E-state index contributed by atoms with van der Waals surface area (Å²) in [6.45, 7) is 2.74. The molecule has 0 fully saturated rings. The minimum absolute atomic E-state index is 0.726. The predicted molar refractivity (Wildman–Crippen MR) is 60.6 cm³/mol. The molecule has 0 amide bonds. The van der Waals surface area contributed by atoms with Crippen molar-refractivity contribution in [3.63, 3.8) is 0 Å². The minimum atomic E-state index is 0.726. The van der Waals surface area contributed by atoms with Crippen molar-refractivity contribution in [1.29, 1.82) is 0 Å². The van der Waals surface area contributed by atoms with Gasteiger partial charge in [-0.3, -0.25) is 4.68 Å². The molecule has 2 aromatic heterocycles. The Morgan fingerprint density at radius 3 is 3.00 bits per heavy atom. The van der Waals surface area contributed by atoms with Crippen LogP contribution in [0.2, 0.25) is 0 Å². The van der Waals surface area contributed by atoms with Gasteiger partial charge in [-0.2, -0.15) is 5.10 Å². The van der Waals surface area contributed by atoms with E-state index in [1.165, 1.54) is 5.56 Å². The first-order valence-electron chi connectivity index (χ1n) is 5.20. The lowest BCUT2D eigenvalue weighted by Gasteiger charge is -1.99. The number of fused-ring (bicyclic) bond motifs is 1. The van der Waals surface area contributed by atoms with Gasteiger partial charge >= 0.3 is 0 Å². The SMILES string of the molecule is Cc1nn(C)c2ncc(CCCN)cc12. The maximum absolute atomic E-state index is 5.49. The van der Waals surface area contributed by atoms with E-state index in [0.29, 0.717) is 0 Å². The van der Waals surface area contributed by atoms with Crippen LogP contribution in [0.1, 0.15) is 17.7 Å². The van der Waals surface area contributed by atoms with E-state index < -0.39 is 0 Å². The van der Waals surface area contributed by atoms with Gasteiger partial charge < -0.3 is 5.73 Å². The molecule has 0 saturated carbocycles. The van der Waals surface area contributed by atoms with E-state index in [1.54, 1.807) is 0 Å². The smallest absolute Gasteiger partial charge is 0.157 e. The molecule has 0 atom stereocenters. The molecule has 0 unspecified atom stereocenters. The van der Waals surface area contributed by atoms with E-state index in [4.69, 9.17) is 5.73 Å². The van der Waals surface area contributed by atoms with Crippen molar-refractivity contribution in [2.75, 3.05) is 6.54 Å². The van der Waals surface area contributed by atoms with Gasteiger partial charge in [0.05, 0.1) is 5.69 Å². The fourth-order valence-electron chi connectivity index (χ4n) is 1.79. The van der Waals surface area contributed by atoms with Gasteiger partial charge in [0.25, 0.3) is 0 Å². The normalized spacial score (nSPS) is 11.1. The van der Waals surface area contributed by atoms with Gasteiger partial charge in [0, 0.05) is 18.6 Å². The molecule has 0 saturated heterocycles. The van der Waals surface area contributed by atoms with Crippen LogP contribution in [-0.4, -0.2) is 21.3 Å². The molecule has 0 radical (unpaired) electrons. The van der Waals surface area contributed by atoms with Crippen LogP contribution in [0.4, 0.5) is 0 Å². The topological polar surface area (TPSA) is 56.7 Å². The number of pyridine rings is 1. The summed E-state index contributed by atoms with van der Waals surface area (Å²) in [5, 5.41) is 5.49. The third-order valence-corrected chi connectivity index (χ3v) is 2.59. The Hall–Kier alpha value is -1.42. The summed E-state index contributed by atoms with van der Waals surface area (Å²) in [7, 11) is 1.92. The Labute approximate surface area is 89.1 Å². The number of aryl methyl sites for hydroxylation is 3. The van der Waals surface area contributed by atoms with E-state index >= 15 is 0 Å². The lowest BCUT2D eigenvalue weighted by Crippen LogP contribution is -2.00. The molecular weight excluding hydrogens is 188 g/mol. The van der Waals surface area contributed by atoms with E-state index in [0.717, 1.165) is 36.1 Å². The van der Waals surface area contributed by atoms with Crippen molar-refractivity contribution in [2.45, 2.75) is 19.8 Å². The summed E-state index contributed by atoms with van der Waals surface area (Å²) >= 11 is 0.